The molecule has 0 N–H and O–H groups in total. The highest BCUT2D eigenvalue weighted by molar-refractivity contribution is 7.20. The lowest BCUT2D eigenvalue weighted by Gasteiger charge is -2.30. The number of likely N-dealkylation sites (tertiary alicyclic amines) is 1. The fourth-order valence-electron chi connectivity index (χ4n) is 3.53. The van der Waals surface area contributed by atoms with Gasteiger partial charge in [0, 0.05) is 25.5 Å². The second-order valence-corrected chi connectivity index (χ2v) is 7.97. The van der Waals surface area contributed by atoms with Crippen LogP contribution in [0.4, 0.5) is 0 Å². The number of thiazole rings is 1. The molecular weight excluding hydrogens is 390 g/mol. The molecule has 7 nitrogen and oxygen atoms in total. The van der Waals surface area contributed by atoms with Gasteiger partial charge in [0.05, 0.1) is 24.5 Å². The Labute approximate surface area is 172 Å². The number of rotatable bonds is 5. The van der Waals surface area contributed by atoms with Gasteiger partial charge in [0.2, 0.25) is 0 Å². The summed E-state index contributed by atoms with van der Waals surface area (Å²) in [5.74, 6) is 0.452. The van der Waals surface area contributed by atoms with Crippen LogP contribution in [-0.4, -0.2) is 53.0 Å². The molecule has 1 aliphatic rings. The molecule has 1 fully saturated rings. The summed E-state index contributed by atoms with van der Waals surface area (Å²) in [5, 5.41) is 0. The predicted octanol–water partition coefficient (Wildman–Crippen LogP) is 3.49. The SMILES string of the molecule is CCOC(=O)C1CCN(C(=O)c2cn3cc(-c4ccc(OC)cc4)sc3n2)CC1. The van der Waals surface area contributed by atoms with Crippen molar-refractivity contribution in [2.45, 2.75) is 19.8 Å². The monoisotopic (exact) mass is 413 g/mol. The fourth-order valence-corrected chi connectivity index (χ4v) is 4.50. The van der Waals surface area contributed by atoms with Gasteiger partial charge in [-0.2, -0.15) is 0 Å². The third-order valence-electron chi connectivity index (χ3n) is 5.15. The van der Waals surface area contributed by atoms with Gasteiger partial charge in [0.15, 0.2) is 4.96 Å². The average molecular weight is 413 g/mol. The summed E-state index contributed by atoms with van der Waals surface area (Å²) in [6.45, 7) is 3.29. The van der Waals surface area contributed by atoms with Crippen LogP contribution in [0.2, 0.25) is 0 Å². The normalized spacial score (nSPS) is 14.9. The summed E-state index contributed by atoms with van der Waals surface area (Å²) in [5.41, 5.74) is 1.52. The van der Waals surface area contributed by atoms with Crippen molar-refractivity contribution in [3.05, 3.63) is 42.4 Å². The van der Waals surface area contributed by atoms with Crippen LogP contribution in [0.3, 0.4) is 0 Å². The first-order chi connectivity index (χ1) is 14.1. The summed E-state index contributed by atoms with van der Waals surface area (Å²) in [7, 11) is 1.64. The zero-order chi connectivity index (χ0) is 20.4. The van der Waals surface area contributed by atoms with Crippen LogP contribution in [0.15, 0.2) is 36.7 Å². The number of hydrogen-bond acceptors (Lipinski definition) is 6. The van der Waals surface area contributed by atoms with Crippen LogP contribution in [0.5, 0.6) is 5.75 Å². The number of esters is 1. The maximum Gasteiger partial charge on any atom is 0.309 e. The lowest BCUT2D eigenvalue weighted by atomic mass is 9.97. The van der Waals surface area contributed by atoms with Crippen molar-refractivity contribution in [1.29, 1.82) is 0 Å². The lowest BCUT2D eigenvalue weighted by Crippen LogP contribution is -2.40. The molecule has 1 amide bonds. The van der Waals surface area contributed by atoms with E-state index in [9.17, 15) is 9.59 Å². The molecule has 0 radical (unpaired) electrons. The van der Waals surface area contributed by atoms with Crippen LogP contribution < -0.4 is 4.74 Å². The van der Waals surface area contributed by atoms with E-state index in [1.807, 2.05) is 34.9 Å². The summed E-state index contributed by atoms with van der Waals surface area (Å²) < 4.78 is 12.2. The predicted molar refractivity (Wildman–Crippen MR) is 110 cm³/mol. The van der Waals surface area contributed by atoms with Gasteiger partial charge in [0.1, 0.15) is 11.4 Å². The van der Waals surface area contributed by atoms with Gasteiger partial charge < -0.3 is 14.4 Å². The van der Waals surface area contributed by atoms with Crippen molar-refractivity contribution in [3.8, 4) is 16.2 Å². The molecule has 29 heavy (non-hydrogen) atoms. The van der Waals surface area contributed by atoms with E-state index in [0.717, 1.165) is 21.2 Å². The Balaban J connectivity index is 1.44. The number of carbonyl (C=O) groups is 2. The smallest absolute Gasteiger partial charge is 0.309 e. The minimum Gasteiger partial charge on any atom is -0.497 e. The van der Waals surface area contributed by atoms with Crippen molar-refractivity contribution < 1.29 is 19.1 Å². The molecule has 0 aliphatic carbocycles. The van der Waals surface area contributed by atoms with Crippen molar-refractivity contribution in [2.24, 2.45) is 5.92 Å². The number of amides is 1. The van der Waals surface area contributed by atoms with Gasteiger partial charge in [0.25, 0.3) is 5.91 Å². The van der Waals surface area contributed by atoms with E-state index in [4.69, 9.17) is 9.47 Å². The minimum absolute atomic E-state index is 0.0887. The molecule has 2 aromatic heterocycles. The van der Waals surface area contributed by atoms with E-state index in [1.54, 1.807) is 25.1 Å². The van der Waals surface area contributed by atoms with Gasteiger partial charge in [-0.1, -0.05) is 11.3 Å². The zero-order valence-electron chi connectivity index (χ0n) is 16.5. The van der Waals surface area contributed by atoms with E-state index in [2.05, 4.69) is 4.98 Å². The molecule has 0 bridgehead atoms. The number of piperidine rings is 1. The highest BCUT2D eigenvalue weighted by atomic mass is 32.1. The van der Waals surface area contributed by atoms with Gasteiger partial charge in [-0.25, -0.2) is 4.98 Å². The number of methoxy groups -OCH3 is 1. The largest absolute Gasteiger partial charge is 0.497 e. The number of ether oxygens (including phenoxy) is 2. The molecular formula is C21H23N3O4S. The molecule has 3 heterocycles. The number of aromatic nitrogens is 2. The minimum atomic E-state index is -0.159. The molecule has 0 saturated carbocycles. The standard InChI is InChI=1S/C21H23N3O4S/c1-3-28-20(26)15-8-10-23(11-9-15)19(25)17-12-24-13-18(29-21(24)22-17)14-4-6-16(27-2)7-5-14/h4-7,12-13,15H,3,8-11H2,1-2H3. The van der Waals surface area contributed by atoms with E-state index in [0.29, 0.717) is 38.2 Å². The molecule has 0 unspecified atom stereocenters. The number of fused-ring (bicyclic) bond motifs is 1. The Hall–Kier alpha value is -2.87. The first kappa shape index (κ1) is 19.4. The van der Waals surface area contributed by atoms with E-state index in [1.165, 1.54) is 11.3 Å². The van der Waals surface area contributed by atoms with E-state index >= 15 is 0 Å². The zero-order valence-corrected chi connectivity index (χ0v) is 17.3. The Morgan fingerprint density at radius 1 is 1.17 bits per heavy atom. The van der Waals surface area contributed by atoms with Crippen molar-refractivity contribution in [3.63, 3.8) is 0 Å². The maximum atomic E-state index is 12.8. The second kappa shape index (κ2) is 8.24. The molecule has 4 rings (SSSR count). The quantitative estimate of drug-likeness (QED) is 0.599. The fraction of sp³-hybridized carbons (Fsp3) is 0.381. The number of benzene rings is 1. The molecule has 0 spiro atoms. The summed E-state index contributed by atoms with van der Waals surface area (Å²) in [6.07, 6.45) is 5.03. The number of hydrogen-bond donors (Lipinski definition) is 0. The topological polar surface area (TPSA) is 73.1 Å². The average Bonchev–Trinajstić information content (AvgIpc) is 3.33. The molecule has 8 heteroatoms. The second-order valence-electron chi connectivity index (χ2n) is 6.96. The van der Waals surface area contributed by atoms with Crippen LogP contribution in [-0.2, 0) is 9.53 Å². The third kappa shape index (κ3) is 3.98. The third-order valence-corrected chi connectivity index (χ3v) is 6.20. The molecule has 1 saturated heterocycles. The van der Waals surface area contributed by atoms with Gasteiger partial charge in [-0.15, -0.1) is 0 Å². The van der Waals surface area contributed by atoms with Crippen molar-refractivity contribution in [1.82, 2.24) is 14.3 Å². The van der Waals surface area contributed by atoms with Gasteiger partial charge >= 0.3 is 5.97 Å². The Morgan fingerprint density at radius 3 is 2.52 bits per heavy atom. The van der Waals surface area contributed by atoms with E-state index in [-0.39, 0.29) is 17.8 Å². The number of imidazole rings is 1. The first-order valence-corrected chi connectivity index (χ1v) is 10.5. The Bertz CT molecular complexity index is 985. The van der Waals surface area contributed by atoms with Crippen LogP contribution in [0, 0.1) is 5.92 Å². The Kier molecular flexibility index (Phi) is 5.53. The number of nitrogens with zero attached hydrogens (tertiary/aromatic N) is 3. The van der Waals surface area contributed by atoms with E-state index < -0.39 is 0 Å². The molecule has 1 aromatic carbocycles. The number of carbonyl (C=O) groups excluding carboxylic acids is 2. The highest BCUT2D eigenvalue weighted by Crippen LogP contribution is 2.30. The first-order valence-electron chi connectivity index (χ1n) is 9.68. The van der Waals surface area contributed by atoms with Gasteiger partial charge in [-0.05, 0) is 49.6 Å². The maximum absolute atomic E-state index is 12.8. The summed E-state index contributed by atoms with van der Waals surface area (Å²) in [4.78, 5) is 32.8. The molecule has 0 atom stereocenters. The van der Waals surface area contributed by atoms with Crippen LogP contribution >= 0.6 is 11.3 Å². The Morgan fingerprint density at radius 2 is 1.90 bits per heavy atom. The van der Waals surface area contributed by atoms with Crippen LogP contribution in [0.25, 0.3) is 15.4 Å². The summed E-state index contributed by atoms with van der Waals surface area (Å²) >= 11 is 1.54. The lowest BCUT2D eigenvalue weighted by molar-refractivity contribution is -0.149. The highest BCUT2D eigenvalue weighted by Gasteiger charge is 2.29. The van der Waals surface area contributed by atoms with Gasteiger partial charge in [-0.3, -0.25) is 14.0 Å². The van der Waals surface area contributed by atoms with Crippen molar-refractivity contribution >= 4 is 28.2 Å². The van der Waals surface area contributed by atoms with Crippen LogP contribution in [0.1, 0.15) is 30.3 Å². The molecule has 152 valence electrons. The van der Waals surface area contributed by atoms with Crippen molar-refractivity contribution in [2.75, 3.05) is 26.8 Å². The molecule has 1 aliphatic heterocycles. The molecule has 3 aromatic rings. The summed E-state index contributed by atoms with van der Waals surface area (Å²) in [6, 6.07) is 7.85.